The Bertz CT molecular complexity index is 963. The van der Waals surface area contributed by atoms with Crippen molar-refractivity contribution in [2.45, 2.75) is 9.79 Å². The molecule has 0 fully saturated rings. The second kappa shape index (κ2) is 8.57. The molecule has 0 spiro atoms. The second-order valence-electron chi connectivity index (χ2n) is 5.44. The van der Waals surface area contributed by atoms with Crippen molar-refractivity contribution < 1.29 is 9.72 Å². The maximum atomic E-state index is 12.3. The molecular formula is C19H14ClN3O3S. The number of carbonyl (C=O) groups is 1. The molecule has 136 valence electrons. The molecule has 3 aromatic carbocycles. The average molecular weight is 400 g/mol. The molecule has 27 heavy (non-hydrogen) atoms. The molecule has 0 saturated heterocycles. The number of amides is 2. The van der Waals surface area contributed by atoms with Crippen LogP contribution in [-0.4, -0.2) is 11.0 Å². The number of non-ortho nitro benzene ring substituents is 1. The summed E-state index contributed by atoms with van der Waals surface area (Å²) in [4.78, 5) is 24.2. The Labute approximate surface area is 164 Å². The molecule has 0 radical (unpaired) electrons. The van der Waals surface area contributed by atoms with Crippen LogP contribution in [0.2, 0.25) is 5.02 Å². The van der Waals surface area contributed by atoms with Gasteiger partial charge < -0.3 is 10.6 Å². The summed E-state index contributed by atoms with van der Waals surface area (Å²) in [5.41, 5.74) is 1.29. The summed E-state index contributed by atoms with van der Waals surface area (Å²) >= 11 is 7.24. The molecule has 2 N–H and O–H groups in total. The molecule has 3 aromatic rings. The van der Waals surface area contributed by atoms with Gasteiger partial charge in [-0.3, -0.25) is 10.1 Å². The number of rotatable bonds is 5. The normalized spacial score (nSPS) is 10.3. The minimum absolute atomic E-state index is 0.0353. The van der Waals surface area contributed by atoms with Crippen LogP contribution in [0, 0.1) is 10.1 Å². The number of nitro benzene ring substituents is 1. The summed E-state index contributed by atoms with van der Waals surface area (Å²) in [5.74, 6) is 0. The minimum atomic E-state index is -0.439. The van der Waals surface area contributed by atoms with Crippen LogP contribution in [0.15, 0.2) is 82.6 Å². The Kier molecular flexibility index (Phi) is 5.95. The van der Waals surface area contributed by atoms with Gasteiger partial charge in [0, 0.05) is 32.6 Å². The zero-order chi connectivity index (χ0) is 19.2. The number of anilines is 2. The smallest absolute Gasteiger partial charge is 0.308 e. The van der Waals surface area contributed by atoms with Crippen LogP contribution in [0.3, 0.4) is 0 Å². The third-order valence-corrected chi connectivity index (χ3v) is 4.85. The van der Waals surface area contributed by atoms with Crippen molar-refractivity contribution in [2.75, 3.05) is 10.6 Å². The largest absolute Gasteiger partial charge is 0.323 e. The molecule has 0 aromatic heterocycles. The number of halogens is 1. The van der Waals surface area contributed by atoms with Crippen LogP contribution in [0.5, 0.6) is 0 Å². The lowest BCUT2D eigenvalue weighted by molar-refractivity contribution is -0.384. The van der Waals surface area contributed by atoms with Gasteiger partial charge in [-0.1, -0.05) is 35.5 Å². The molecule has 3 rings (SSSR count). The Morgan fingerprint density at radius 2 is 1.59 bits per heavy atom. The fourth-order valence-electron chi connectivity index (χ4n) is 2.24. The Hall–Kier alpha value is -3.03. The number of carbonyl (C=O) groups excluding carboxylic acids is 1. The first-order valence-corrected chi connectivity index (χ1v) is 9.05. The first kappa shape index (κ1) is 18.8. The molecule has 2 amide bonds. The number of hydrogen-bond acceptors (Lipinski definition) is 4. The highest BCUT2D eigenvalue weighted by molar-refractivity contribution is 7.99. The van der Waals surface area contributed by atoms with E-state index in [-0.39, 0.29) is 11.7 Å². The summed E-state index contributed by atoms with van der Waals surface area (Å²) < 4.78 is 0. The number of para-hydroxylation sites is 1. The van der Waals surface area contributed by atoms with Crippen molar-refractivity contribution in [2.24, 2.45) is 0 Å². The highest BCUT2D eigenvalue weighted by Gasteiger charge is 2.10. The molecule has 0 atom stereocenters. The molecular weight excluding hydrogens is 386 g/mol. The van der Waals surface area contributed by atoms with E-state index in [2.05, 4.69) is 10.6 Å². The Morgan fingerprint density at radius 1 is 0.926 bits per heavy atom. The third-order valence-electron chi connectivity index (χ3n) is 3.51. The summed E-state index contributed by atoms with van der Waals surface area (Å²) in [5, 5.41) is 16.9. The zero-order valence-electron chi connectivity index (χ0n) is 13.9. The average Bonchev–Trinajstić information content (AvgIpc) is 2.65. The van der Waals surface area contributed by atoms with E-state index in [0.29, 0.717) is 16.4 Å². The standard InChI is InChI=1S/C19H14ClN3O3S/c20-13-5-7-14(8-6-13)21-19(24)22-17-3-1-2-4-18(17)27-16-11-9-15(10-12-16)23(25)26/h1-12H,(H2,21,22,24). The zero-order valence-corrected chi connectivity index (χ0v) is 15.5. The molecule has 0 unspecified atom stereocenters. The van der Waals surface area contributed by atoms with E-state index in [0.717, 1.165) is 9.79 Å². The number of nitro groups is 1. The van der Waals surface area contributed by atoms with Crippen molar-refractivity contribution >= 4 is 46.5 Å². The lowest BCUT2D eigenvalue weighted by Crippen LogP contribution is -2.19. The second-order valence-corrected chi connectivity index (χ2v) is 6.99. The van der Waals surface area contributed by atoms with Gasteiger partial charge in [0.2, 0.25) is 0 Å². The first-order chi connectivity index (χ1) is 13.0. The Balaban J connectivity index is 1.70. The lowest BCUT2D eigenvalue weighted by atomic mass is 10.3. The van der Waals surface area contributed by atoms with Crippen molar-refractivity contribution in [1.82, 2.24) is 0 Å². The maximum absolute atomic E-state index is 12.3. The molecule has 0 heterocycles. The van der Waals surface area contributed by atoms with E-state index in [4.69, 9.17) is 11.6 Å². The molecule has 6 nitrogen and oxygen atoms in total. The quantitative estimate of drug-likeness (QED) is 0.404. The number of benzene rings is 3. The van der Waals surface area contributed by atoms with Gasteiger partial charge in [0.05, 0.1) is 10.6 Å². The van der Waals surface area contributed by atoms with Crippen molar-refractivity contribution in [3.63, 3.8) is 0 Å². The summed E-state index contributed by atoms with van der Waals surface area (Å²) in [6, 6.07) is 20.0. The van der Waals surface area contributed by atoms with Crippen molar-refractivity contribution in [3.8, 4) is 0 Å². The van der Waals surface area contributed by atoms with E-state index < -0.39 is 4.92 Å². The molecule has 0 aliphatic heterocycles. The topological polar surface area (TPSA) is 84.3 Å². The van der Waals surface area contributed by atoms with Crippen LogP contribution in [0.25, 0.3) is 0 Å². The number of hydrogen-bond donors (Lipinski definition) is 2. The molecule has 0 aliphatic carbocycles. The lowest BCUT2D eigenvalue weighted by Gasteiger charge is -2.12. The van der Waals surface area contributed by atoms with Gasteiger partial charge in [0.15, 0.2) is 0 Å². The monoisotopic (exact) mass is 399 g/mol. The van der Waals surface area contributed by atoms with Crippen LogP contribution in [0.4, 0.5) is 21.9 Å². The maximum Gasteiger partial charge on any atom is 0.323 e. The van der Waals surface area contributed by atoms with Gasteiger partial charge in [-0.05, 0) is 48.5 Å². The fourth-order valence-corrected chi connectivity index (χ4v) is 3.27. The van der Waals surface area contributed by atoms with Crippen LogP contribution < -0.4 is 10.6 Å². The third kappa shape index (κ3) is 5.22. The number of urea groups is 1. The van der Waals surface area contributed by atoms with Crippen LogP contribution >= 0.6 is 23.4 Å². The number of nitrogens with one attached hydrogen (secondary N) is 2. The summed E-state index contributed by atoms with van der Waals surface area (Å²) in [6.07, 6.45) is 0. The van der Waals surface area contributed by atoms with Gasteiger partial charge >= 0.3 is 6.03 Å². The number of nitrogens with zero attached hydrogens (tertiary/aromatic N) is 1. The van der Waals surface area contributed by atoms with E-state index in [1.54, 1.807) is 42.5 Å². The van der Waals surface area contributed by atoms with Crippen molar-refractivity contribution in [1.29, 1.82) is 0 Å². The SMILES string of the molecule is O=C(Nc1ccc(Cl)cc1)Nc1ccccc1Sc1ccc([N+](=O)[O-])cc1. The molecule has 0 saturated carbocycles. The van der Waals surface area contributed by atoms with Gasteiger partial charge in [0.1, 0.15) is 0 Å². The predicted octanol–water partition coefficient (Wildman–Crippen LogP) is 6.04. The van der Waals surface area contributed by atoms with E-state index in [1.165, 1.54) is 23.9 Å². The highest BCUT2D eigenvalue weighted by atomic mass is 35.5. The van der Waals surface area contributed by atoms with Gasteiger partial charge in [-0.15, -0.1) is 0 Å². The highest BCUT2D eigenvalue weighted by Crippen LogP contribution is 2.34. The van der Waals surface area contributed by atoms with E-state index >= 15 is 0 Å². The van der Waals surface area contributed by atoms with Crippen molar-refractivity contribution in [3.05, 3.63) is 87.9 Å². The predicted molar refractivity (Wildman–Crippen MR) is 108 cm³/mol. The van der Waals surface area contributed by atoms with Crippen LogP contribution in [0.1, 0.15) is 0 Å². The molecule has 0 bridgehead atoms. The van der Waals surface area contributed by atoms with Gasteiger partial charge in [0.25, 0.3) is 5.69 Å². The van der Waals surface area contributed by atoms with Gasteiger partial charge in [-0.25, -0.2) is 4.79 Å². The van der Waals surface area contributed by atoms with Crippen LogP contribution in [-0.2, 0) is 0 Å². The minimum Gasteiger partial charge on any atom is -0.308 e. The Morgan fingerprint density at radius 3 is 2.26 bits per heavy atom. The van der Waals surface area contributed by atoms with E-state index in [1.807, 2.05) is 18.2 Å². The van der Waals surface area contributed by atoms with Gasteiger partial charge in [-0.2, -0.15) is 0 Å². The first-order valence-electron chi connectivity index (χ1n) is 7.86. The summed E-state index contributed by atoms with van der Waals surface area (Å²) in [6.45, 7) is 0. The molecule has 0 aliphatic rings. The molecule has 8 heteroatoms. The van der Waals surface area contributed by atoms with E-state index in [9.17, 15) is 14.9 Å². The fraction of sp³-hybridized carbons (Fsp3) is 0. The summed E-state index contributed by atoms with van der Waals surface area (Å²) in [7, 11) is 0.